The smallest absolute Gasteiger partial charge is 0.251 e. The number of rotatable bonds is 5. The third-order valence-electron chi connectivity index (χ3n) is 3.11. The molecule has 1 atom stereocenters. The maximum Gasteiger partial charge on any atom is 0.251 e. The van der Waals surface area contributed by atoms with Gasteiger partial charge in [0.15, 0.2) is 0 Å². The molecule has 4 nitrogen and oxygen atoms in total. The Labute approximate surface area is 125 Å². The normalized spacial score (nSPS) is 11.7. The Morgan fingerprint density at radius 1 is 0.955 bits per heavy atom. The van der Waals surface area contributed by atoms with Crippen molar-refractivity contribution < 1.29 is 18.4 Å². The third kappa shape index (κ3) is 4.12. The van der Waals surface area contributed by atoms with Crippen LogP contribution in [0.5, 0.6) is 0 Å². The summed E-state index contributed by atoms with van der Waals surface area (Å²) in [7, 11) is 0. The lowest BCUT2D eigenvalue weighted by atomic mass is 10.0. The van der Waals surface area contributed by atoms with E-state index < -0.39 is 29.5 Å². The van der Waals surface area contributed by atoms with Crippen molar-refractivity contribution in [1.82, 2.24) is 5.32 Å². The lowest BCUT2D eigenvalue weighted by Gasteiger charge is -2.15. The fourth-order valence-corrected chi connectivity index (χ4v) is 1.92. The molecule has 0 aliphatic carbocycles. The summed E-state index contributed by atoms with van der Waals surface area (Å²) >= 11 is 0. The summed E-state index contributed by atoms with van der Waals surface area (Å²) in [5, 5.41) is 2.49. The van der Waals surface area contributed by atoms with E-state index in [1.54, 1.807) is 0 Å². The van der Waals surface area contributed by atoms with Gasteiger partial charge in [-0.15, -0.1) is 0 Å². The van der Waals surface area contributed by atoms with Gasteiger partial charge >= 0.3 is 0 Å². The van der Waals surface area contributed by atoms with Crippen LogP contribution in [0.1, 0.15) is 15.9 Å². The molecule has 0 fully saturated rings. The van der Waals surface area contributed by atoms with Gasteiger partial charge in [-0.25, -0.2) is 8.78 Å². The maximum absolute atomic E-state index is 12.9. The van der Waals surface area contributed by atoms with Gasteiger partial charge in [0, 0.05) is 12.0 Å². The van der Waals surface area contributed by atoms with E-state index in [0.717, 1.165) is 12.1 Å². The van der Waals surface area contributed by atoms with E-state index in [0.29, 0.717) is 5.56 Å². The van der Waals surface area contributed by atoms with Crippen molar-refractivity contribution in [3.8, 4) is 0 Å². The molecule has 0 aromatic heterocycles. The molecule has 0 saturated heterocycles. The quantitative estimate of drug-likeness (QED) is 0.884. The van der Waals surface area contributed by atoms with Gasteiger partial charge in [0.2, 0.25) is 5.91 Å². The number of carbonyl (C=O) groups is 2. The number of benzene rings is 2. The molecule has 2 aromatic carbocycles. The summed E-state index contributed by atoms with van der Waals surface area (Å²) in [5.74, 6) is -2.10. The number of nitrogens with one attached hydrogen (secondary N) is 1. The molecule has 0 aliphatic heterocycles. The van der Waals surface area contributed by atoms with Crippen LogP contribution in [0.25, 0.3) is 0 Å². The summed E-state index contributed by atoms with van der Waals surface area (Å²) in [6.45, 7) is 0. The van der Waals surface area contributed by atoms with Crippen molar-refractivity contribution in [2.75, 3.05) is 0 Å². The molecule has 22 heavy (non-hydrogen) atoms. The van der Waals surface area contributed by atoms with Gasteiger partial charge in [0.25, 0.3) is 5.91 Å². The molecule has 0 aliphatic rings. The first kappa shape index (κ1) is 15.6. The van der Waals surface area contributed by atoms with Gasteiger partial charge in [0.1, 0.15) is 17.7 Å². The minimum atomic E-state index is -0.942. The molecule has 0 unspecified atom stereocenters. The number of hydrogen-bond acceptors (Lipinski definition) is 2. The molecule has 0 spiro atoms. The molecule has 6 heteroatoms. The molecule has 114 valence electrons. The van der Waals surface area contributed by atoms with Crippen LogP contribution in [0.4, 0.5) is 8.78 Å². The minimum Gasteiger partial charge on any atom is -0.368 e. The van der Waals surface area contributed by atoms with Crippen molar-refractivity contribution in [1.29, 1.82) is 0 Å². The van der Waals surface area contributed by atoms with Crippen LogP contribution < -0.4 is 11.1 Å². The van der Waals surface area contributed by atoms with Gasteiger partial charge in [0.05, 0.1) is 0 Å². The zero-order chi connectivity index (χ0) is 16.1. The van der Waals surface area contributed by atoms with Crippen LogP contribution in [0, 0.1) is 11.6 Å². The molecule has 2 rings (SSSR count). The van der Waals surface area contributed by atoms with Gasteiger partial charge in [-0.3, -0.25) is 9.59 Å². The van der Waals surface area contributed by atoms with Crippen molar-refractivity contribution in [2.45, 2.75) is 12.5 Å². The largest absolute Gasteiger partial charge is 0.368 e. The number of halogens is 2. The monoisotopic (exact) mass is 304 g/mol. The van der Waals surface area contributed by atoms with E-state index in [9.17, 15) is 18.4 Å². The standard InChI is InChI=1S/C16H14F2N2O2/c17-12-5-1-10(2-6-12)9-14(15(19)21)20-16(22)11-3-7-13(18)8-4-11/h1-8,14H,9H2,(H2,19,21)(H,20,22)/t14-/m1/s1. The molecule has 0 heterocycles. The van der Waals surface area contributed by atoms with E-state index in [-0.39, 0.29) is 12.0 Å². The van der Waals surface area contributed by atoms with Crippen LogP contribution in [0.3, 0.4) is 0 Å². The molecule has 0 radical (unpaired) electrons. The highest BCUT2D eigenvalue weighted by Crippen LogP contribution is 2.08. The molecule has 2 aromatic rings. The van der Waals surface area contributed by atoms with Crippen molar-refractivity contribution in [2.24, 2.45) is 5.73 Å². The Morgan fingerprint density at radius 3 is 1.95 bits per heavy atom. The zero-order valence-electron chi connectivity index (χ0n) is 11.6. The summed E-state index contributed by atoms with van der Waals surface area (Å²) in [4.78, 5) is 23.5. The highest BCUT2D eigenvalue weighted by atomic mass is 19.1. The highest BCUT2D eigenvalue weighted by molar-refractivity contribution is 5.97. The summed E-state index contributed by atoms with van der Waals surface area (Å²) < 4.78 is 25.7. The maximum atomic E-state index is 12.9. The summed E-state index contributed by atoms with van der Waals surface area (Å²) in [5.41, 5.74) is 6.15. The molecular formula is C16H14F2N2O2. The van der Waals surface area contributed by atoms with Crippen molar-refractivity contribution in [3.05, 3.63) is 71.3 Å². The Hall–Kier alpha value is -2.76. The van der Waals surface area contributed by atoms with E-state index in [1.165, 1.54) is 36.4 Å². The average molecular weight is 304 g/mol. The van der Waals surface area contributed by atoms with E-state index in [4.69, 9.17) is 5.73 Å². The van der Waals surface area contributed by atoms with Crippen LogP contribution in [0.2, 0.25) is 0 Å². The summed E-state index contributed by atoms with van der Waals surface area (Å²) in [6.07, 6.45) is 0.141. The van der Waals surface area contributed by atoms with Crippen LogP contribution >= 0.6 is 0 Å². The number of nitrogens with two attached hydrogens (primary N) is 1. The third-order valence-corrected chi connectivity index (χ3v) is 3.11. The molecule has 3 N–H and O–H groups in total. The lowest BCUT2D eigenvalue weighted by molar-refractivity contribution is -0.119. The van der Waals surface area contributed by atoms with Crippen molar-refractivity contribution >= 4 is 11.8 Å². The SMILES string of the molecule is NC(=O)[C@@H](Cc1ccc(F)cc1)NC(=O)c1ccc(F)cc1. The van der Waals surface area contributed by atoms with Gasteiger partial charge in [-0.1, -0.05) is 12.1 Å². The van der Waals surface area contributed by atoms with Gasteiger partial charge in [-0.05, 0) is 42.0 Å². The van der Waals surface area contributed by atoms with Crippen LogP contribution in [-0.2, 0) is 11.2 Å². The second-order valence-electron chi connectivity index (χ2n) is 4.77. The number of amides is 2. The second kappa shape index (κ2) is 6.80. The topological polar surface area (TPSA) is 72.2 Å². The Bertz CT molecular complexity index is 670. The number of carbonyl (C=O) groups excluding carboxylic acids is 2. The first-order valence-electron chi connectivity index (χ1n) is 6.56. The fraction of sp³-hybridized carbons (Fsp3) is 0.125. The first-order chi connectivity index (χ1) is 10.5. The molecule has 0 saturated carbocycles. The Morgan fingerprint density at radius 2 is 1.45 bits per heavy atom. The predicted octanol–water partition coefficient (Wildman–Crippen LogP) is 1.79. The molecule has 2 amide bonds. The Kier molecular flexibility index (Phi) is 4.83. The van der Waals surface area contributed by atoms with Crippen molar-refractivity contribution in [3.63, 3.8) is 0 Å². The predicted molar refractivity (Wildman–Crippen MR) is 77.0 cm³/mol. The molecular weight excluding hydrogens is 290 g/mol. The number of hydrogen-bond donors (Lipinski definition) is 2. The number of primary amides is 1. The average Bonchev–Trinajstić information content (AvgIpc) is 2.49. The fourth-order valence-electron chi connectivity index (χ4n) is 1.92. The first-order valence-corrected chi connectivity index (χ1v) is 6.56. The molecule has 0 bridgehead atoms. The highest BCUT2D eigenvalue weighted by Gasteiger charge is 2.19. The van der Waals surface area contributed by atoms with Crippen LogP contribution in [0.15, 0.2) is 48.5 Å². The van der Waals surface area contributed by atoms with Gasteiger partial charge < -0.3 is 11.1 Å². The van der Waals surface area contributed by atoms with E-state index >= 15 is 0 Å². The lowest BCUT2D eigenvalue weighted by Crippen LogP contribution is -2.45. The zero-order valence-corrected chi connectivity index (χ0v) is 11.6. The van der Waals surface area contributed by atoms with Crippen LogP contribution in [-0.4, -0.2) is 17.9 Å². The summed E-state index contributed by atoms with van der Waals surface area (Å²) in [6, 6.07) is 9.50. The van der Waals surface area contributed by atoms with E-state index in [2.05, 4.69) is 5.32 Å². The Balaban J connectivity index is 2.08. The van der Waals surface area contributed by atoms with Gasteiger partial charge in [-0.2, -0.15) is 0 Å². The minimum absolute atomic E-state index is 0.141. The van der Waals surface area contributed by atoms with E-state index in [1.807, 2.05) is 0 Å². The second-order valence-corrected chi connectivity index (χ2v) is 4.77.